The second-order valence-electron chi connectivity index (χ2n) is 8.42. The monoisotopic (exact) mass is 412 g/mol. The molecule has 160 valence electrons. The van der Waals surface area contributed by atoms with E-state index in [9.17, 15) is 4.79 Å². The molecule has 0 spiro atoms. The highest BCUT2D eigenvalue weighted by molar-refractivity contribution is 6.07. The van der Waals surface area contributed by atoms with E-state index in [1.54, 1.807) is 6.07 Å². The van der Waals surface area contributed by atoms with Crippen LogP contribution in [0.15, 0.2) is 21.1 Å². The van der Waals surface area contributed by atoms with Gasteiger partial charge in [-0.3, -0.25) is 9.69 Å². The Hall–Kier alpha value is -2.71. The lowest BCUT2D eigenvalue weighted by atomic mass is 10.0. The SMILES string of the molecule is Cc1cc(-c2cc(C(=O)NCC(C)(C)N3CCOCC3)c3c(C)noc3n2)c(C)o1. The largest absolute Gasteiger partial charge is 0.466 e. The van der Waals surface area contributed by atoms with Crippen molar-refractivity contribution in [3.63, 3.8) is 0 Å². The van der Waals surface area contributed by atoms with Crippen LogP contribution in [0.2, 0.25) is 0 Å². The van der Waals surface area contributed by atoms with Gasteiger partial charge in [-0.25, -0.2) is 4.98 Å². The predicted molar refractivity (Wildman–Crippen MR) is 113 cm³/mol. The molecule has 8 heteroatoms. The summed E-state index contributed by atoms with van der Waals surface area (Å²) in [7, 11) is 0. The van der Waals surface area contributed by atoms with Crippen LogP contribution in [-0.4, -0.2) is 59.3 Å². The van der Waals surface area contributed by atoms with Gasteiger partial charge in [0.25, 0.3) is 11.6 Å². The number of hydrogen-bond donors (Lipinski definition) is 1. The molecule has 0 saturated carbocycles. The van der Waals surface area contributed by atoms with E-state index in [4.69, 9.17) is 13.7 Å². The number of amides is 1. The molecule has 4 heterocycles. The minimum Gasteiger partial charge on any atom is -0.466 e. The van der Waals surface area contributed by atoms with Gasteiger partial charge in [0, 0.05) is 30.7 Å². The summed E-state index contributed by atoms with van der Waals surface area (Å²) in [6.07, 6.45) is 0. The Morgan fingerprint density at radius 2 is 1.93 bits per heavy atom. The smallest absolute Gasteiger partial charge is 0.259 e. The van der Waals surface area contributed by atoms with Crippen LogP contribution in [0.4, 0.5) is 0 Å². The van der Waals surface area contributed by atoms with Gasteiger partial charge in [0.2, 0.25) is 0 Å². The third-order valence-corrected chi connectivity index (χ3v) is 5.73. The summed E-state index contributed by atoms with van der Waals surface area (Å²) in [5.41, 5.74) is 2.78. The molecule has 30 heavy (non-hydrogen) atoms. The van der Waals surface area contributed by atoms with E-state index in [1.807, 2.05) is 26.8 Å². The number of carbonyl (C=O) groups is 1. The molecule has 0 radical (unpaired) electrons. The molecule has 0 aliphatic carbocycles. The Bertz CT molecular complexity index is 1080. The van der Waals surface area contributed by atoms with E-state index < -0.39 is 0 Å². The van der Waals surface area contributed by atoms with E-state index >= 15 is 0 Å². The zero-order chi connectivity index (χ0) is 21.5. The normalized spacial score (nSPS) is 15.6. The predicted octanol–water partition coefficient (Wildman–Crippen LogP) is 3.25. The number of aromatic nitrogens is 2. The lowest BCUT2D eigenvalue weighted by Gasteiger charge is -2.40. The summed E-state index contributed by atoms with van der Waals surface area (Å²) in [6.45, 7) is 13.5. The Kier molecular flexibility index (Phi) is 5.38. The van der Waals surface area contributed by atoms with Crippen molar-refractivity contribution >= 4 is 17.0 Å². The molecule has 1 saturated heterocycles. The molecule has 3 aromatic rings. The van der Waals surface area contributed by atoms with Crippen LogP contribution in [0, 0.1) is 20.8 Å². The van der Waals surface area contributed by atoms with Crippen molar-refractivity contribution in [3.8, 4) is 11.3 Å². The topological polar surface area (TPSA) is 93.6 Å². The summed E-state index contributed by atoms with van der Waals surface area (Å²) in [4.78, 5) is 20.2. The van der Waals surface area contributed by atoms with Crippen LogP contribution in [-0.2, 0) is 4.74 Å². The third-order valence-electron chi connectivity index (χ3n) is 5.73. The van der Waals surface area contributed by atoms with Crippen molar-refractivity contribution in [3.05, 3.63) is 34.9 Å². The zero-order valence-electron chi connectivity index (χ0n) is 18.2. The summed E-state index contributed by atoms with van der Waals surface area (Å²) in [6, 6.07) is 3.71. The minimum atomic E-state index is -0.184. The molecule has 8 nitrogen and oxygen atoms in total. The fourth-order valence-electron chi connectivity index (χ4n) is 3.97. The molecular weight excluding hydrogens is 384 g/mol. The number of rotatable bonds is 5. The molecular formula is C22H28N4O4. The van der Waals surface area contributed by atoms with Crippen LogP contribution >= 0.6 is 0 Å². The lowest BCUT2D eigenvalue weighted by Crippen LogP contribution is -2.55. The van der Waals surface area contributed by atoms with Crippen molar-refractivity contribution in [2.75, 3.05) is 32.8 Å². The summed E-state index contributed by atoms with van der Waals surface area (Å²) in [5.74, 6) is 1.36. The van der Waals surface area contributed by atoms with E-state index in [1.165, 1.54) is 0 Å². The molecule has 1 N–H and O–H groups in total. The van der Waals surface area contributed by atoms with Gasteiger partial charge in [-0.15, -0.1) is 0 Å². The number of nitrogens with one attached hydrogen (secondary N) is 1. The molecule has 1 fully saturated rings. The molecule has 3 aromatic heterocycles. The molecule has 0 unspecified atom stereocenters. The number of furan rings is 1. The van der Waals surface area contributed by atoms with Crippen molar-refractivity contribution in [2.24, 2.45) is 0 Å². The summed E-state index contributed by atoms with van der Waals surface area (Å²) < 4.78 is 16.5. The maximum Gasteiger partial charge on any atom is 0.259 e. The van der Waals surface area contributed by atoms with Gasteiger partial charge in [0.05, 0.1) is 35.6 Å². The van der Waals surface area contributed by atoms with Crippen LogP contribution in [0.3, 0.4) is 0 Å². The molecule has 1 aliphatic heterocycles. The first-order valence-corrected chi connectivity index (χ1v) is 10.2. The Labute approximate surface area is 175 Å². The number of carbonyl (C=O) groups excluding carboxylic acids is 1. The van der Waals surface area contributed by atoms with E-state index in [-0.39, 0.29) is 11.4 Å². The standard InChI is InChI=1S/C22H28N4O4/c1-13-10-16(15(3)29-13)18-11-17(19-14(2)25-30-21(19)24-18)20(27)23-12-22(4,5)26-6-8-28-9-7-26/h10-11H,6-9,12H2,1-5H3,(H,23,27). The highest BCUT2D eigenvalue weighted by Gasteiger charge is 2.29. The van der Waals surface area contributed by atoms with Gasteiger partial charge in [-0.05, 0) is 46.8 Å². The van der Waals surface area contributed by atoms with Crippen LogP contribution in [0.5, 0.6) is 0 Å². The number of aryl methyl sites for hydroxylation is 3. The van der Waals surface area contributed by atoms with E-state index in [0.717, 1.165) is 43.4 Å². The lowest BCUT2D eigenvalue weighted by molar-refractivity contribution is -0.00922. The molecule has 0 aromatic carbocycles. The summed E-state index contributed by atoms with van der Waals surface area (Å²) >= 11 is 0. The van der Waals surface area contributed by atoms with Crippen molar-refractivity contribution < 1.29 is 18.5 Å². The molecule has 0 bridgehead atoms. The Morgan fingerprint density at radius 3 is 2.60 bits per heavy atom. The number of pyridine rings is 1. The molecule has 0 atom stereocenters. The maximum atomic E-state index is 13.2. The molecule has 1 amide bonds. The number of fused-ring (bicyclic) bond motifs is 1. The number of nitrogens with zero attached hydrogens (tertiary/aromatic N) is 3. The Morgan fingerprint density at radius 1 is 1.20 bits per heavy atom. The van der Waals surface area contributed by atoms with Gasteiger partial charge in [-0.1, -0.05) is 5.16 Å². The first-order chi connectivity index (χ1) is 14.3. The van der Waals surface area contributed by atoms with Crippen LogP contribution in [0.25, 0.3) is 22.4 Å². The zero-order valence-corrected chi connectivity index (χ0v) is 18.2. The van der Waals surface area contributed by atoms with Gasteiger partial charge >= 0.3 is 0 Å². The average molecular weight is 412 g/mol. The number of ether oxygens (including phenoxy) is 1. The van der Waals surface area contributed by atoms with Crippen molar-refractivity contribution in [1.82, 2.24) is 20.4 Å². The van der Waals surface area contributed by atoms with E-state index in [2.05, 4.69) is 34.2 Å². The van der Waals surface area contributed by atoms with Gasteiger partial charge < -0.3 is 19.0 Å². The highest BCUT2D eigenvalue weighted by atomic mass is 16.5. The second-order valence-corrected chi connectivity index (χ2v) is 8.42. The quantitative estimate of drug-likeness (QED) is 0.687. The molecule has 4 rings (SSSR count). The third kappa shape index (κ3) is 3.85. The number of morpholine rings is 1. The fourth-order valence-corrected chi connectivity index (χ4v) is 3.97. The van der Waals surface area contributed by atoms with Crippen molar-refractivity contribution in [1.29, 1.82) is 0 Å². The second kappa shape index (κ2) is 7.85. The number of hydrogen-bond acceptors (Lipinski definition) is 7. The van der Waals surface area contributed by atoms with E-state index in [0.29, 0.717) is 34.6 Å². The van der Waals surface area contributed by atoms with Gasteiger partial charge in [0.15, 0.2) is 0 Å². The van der Waals surface area contributed by atoms with Gasteiger partial charge in [0.1, 0.15) is 11.5 Å². The summed E-state index contributed by atoms with van der Waals surface area (Å²) in [5, 5.41) is 7.76. The molecule has 1 aliphatic rings. The first-order valence-electron chi connectivity index (χ1n) is 10.2. The van der Waals surface area contributed by atoms with Crippen molar-refractivity contribution in [2.45, 2.75) is 40.2 Å². The van der Waals surface area contributed by atoms with Crippen LogP contribution in [0.1, 0.15) is 41.4 Å². The first kappa shape index (κ1) is 20.6. The fraction of sp³-hybridized carbons (Fsp3) is 0.500. The van der Waals surface area contributed by atoms with Gasteiger partial charge in [-0.2, -0.15) is 0 Å². The maximum absolute atomic E-state index is 13.2. The van der Waals surface area contributed by atoms with Crippen LogP contribution < -0.4 is 5.32 Å². The minimum absolute atomic E-state index is 0.172. The average Bonchev–Trinajstić information content (AvgIpc) is 3.27. The highest BCUT2D eigenvalue weighted by Crippen LogP contribution is 2.30. The Balaban J connectivity index is 1.64.